The summed E-state index contributed by atoms with van der Waals surface area (Å²) in [6.45, 7) is 0. The van der Waals surface area contributed by atoms with Gasteiger partial charge in [-0.3, -0.25) is 19.7 Å². The molecule has 2 heterocycles. The van der Waals surface area contributed by atoms with Crippen LogP contribution in [-0.2, 0) is 16.0 Å². The van der Waals surface area contributed by atoms with Gasteiger partial charge in [-0.25, -0.2) is 4.90 Å². The Hall–Kier alpha value is -3.84. The van der Waals surface area contributed by atoms with Crippen LogP contribution < -0.4 is 10.2 Å². The summed E-state index contributed by atoms with van der Waals surface area (Å²) in [6.07, 6.45) is 0.604. The second-order valence-electron chi connectivity index (χ2n) is 8.19. The average Bonchev–Trinajstić information content (AvgIpc) is 3.31. The van der Waals surface area contributed by atoms with E-state index in [-0.39, 0.29) is 23.5 Å². The van der Waals surface area contributed by atoms with Gasteiger partial charge < -0.3 is 5.32 Å². The monoisotopic (exact) mass is 427 g/mol. The van der Waals surface area contributed by atoms with Gasteiger partial charge in [-0.1, -0.05) is 60.7 Å². The van der Waals surface area contributed by atoms with Crippen molar-refractivity contribution < 1.29 is 14.5 Å². The molecule has 5 rings (SSSR count). The molecule has 0 spiro atoms. The van der Waals surface area contributed by atoms with E-state index in [4.69, 9.17) is 0 Å². The molecule has 160 valence electrons. The largest absolute Gasteiger partial charge is 0.305 e. The fourth-order valence-electron chi connectivity index (χ4n) is 4.92. The number of nitro benzene ring substituents is 1. The van der Waals surface area contributed by atoms with Crippen molar-refractivity contribution in [3.05, 3.63) is 106 Å². The molecule has 2 aliphatic rings. The number of benzene rings is 3. The van der Waals surface area contributed by atoms with E-state index in [1.807, 2.05) is 36.4 Å². The van der Waals surface area contributed by atoms with Crippen molar-refractivity contribution in [2.75, 3.05) is 4.90 Å². The summed E-state index contributed by atoms with van der Waals surface area (Å²) in [7, 11) is 0. The molecular weight excluding hydrogens is 406 g/mol. The number of carbonyl (C=O) groups is 2. The molecule has 2 amide bonds. The zero-order chi connectivity index (χ0) is 22.2. The molecule has 32 heavy (non-hydrogen) atoms. The molecule has 1 N–H and O–H groups in total. The summed E-state index contributed by atoms with van der Waals surface area (Å²) in [5, 5.41) is 14.6. The van der Waals surface area contributed by atoms with Gasteiger partial charge in [-0.2, -0.15) is 0 Å². The number of nitrogens with zero attached hydrogens (tertiary/aromatic N) is 2. The van der Waals surface area contributed by atoms with Crippen LogP contribution in [0, 0.1) is 22.0 Å². The summed E-state index contributed by atoms with van der Waals surface area (Å²) in [5.41, 5.74) is 2.39. The number of carbonyl (C=O) groups excluding carboxylic acids is 2. The van der Waals surface area contributed by atoms with Crippen molar-refractivity contribution in [2.45, 2.75) is 18.5 Å². The first-order valence-electron chi connectivity index (χ1n) is 10.5. The van der Waals surface area contributed by atoms with Gasteiger partial charge in [0.05, 0.1) is 22.4 Å². The number of rotatable bonds is 5. The van der Waals surface area contributed by atoms with Crippen LogP contribution in [0.15, 0.2) is 84.9 Å². The molecule has 3 aromatic carbocycles. The number of fused-ring (bicyclic) bond motifs is 1. The van der Waals surface area contributed by atoms with Gasteiger partial charge in [0, 0.05) is 24.2 Å². The standard InChI is InChI=1S/C25H21N3O4/c29-24-21-20(15-16-7-3-1-4-8-16)26-23(17-11-13-19(14-12-17)28(31)32)22(21)25(30)27(24)18-9-5-2-6-10-18/h1-14,20-23,26H,15H2/t20-,21+,22+,23+/m0/s1. The number of para-hydroxylation sites is 1. The minimum Gasteiger partial charge on any atom is -0.305 e. The minimum absolute atomic E-state index is 0.0103. The van der Waals surface area contributed by atoms with Crippen LogP contribution in [0.5, 0.6) is 0 Å². The van der Waals surface area contributed by atoms with Crippen molar-refractivity contribution in [1.29, 1.82) is 0 Å². The van der Waals surface area contributed by atoms with Crippen LogP contribution in [-0.4, -0.2) is 22.8 Å². The van der Waals surface area contributed by atoms with E-state index in [1.54, 1.807) is 36.4 Å². The molecule has 7 heteroatoms. The molecule has 3 aromatic rings. The molecule has 2 saturated heterocycles. The Labute approximate surface area is 184 Å². The van der Waals surface area contributed by atoms with Gasteiger partial charge in [0.1, 0.15) is 0 Å². The number of nitro groups is 1. The fraction of sp³-hybridized carbons (Fsp3) is 0.200. The minimum atomic E-state index is -0.571. The number of hydrogen-bond donors (Lipinski definition) is 1. The Morgan fingerprint density at radius 3 is 2.03 bits per heavy atom. The van der Waals surface area contributed by atoms with Crippen LogP contribution in [0.25, 0.3) is 0 Å². The zero-order valence-electron chi connectivity index (χ0n) is 17.1. The van der Waals surface area contributed by atoms with E-state index in [0.717, 1.165) is 11.1 Å². The van der Waals surface area contributed by atoms with Crippen LogP contribution in [0.3, 0.4) is 0 Å². The first kappa shape index (κ1) is 20.1. The van der Waals surface area contributed by atoms with E-state index in [1.165, 1.54) is 17.0 Å². The molecule has 2 aliphatic heterocycles. The third-order valence-corrected chi connectivity index (χ3v) is 6.36. The lowest BCUT2D eigenvalue weighted by Gasteiger charge is -2.23. The Morgan fingerprint density at radius 1 is 0.812 bits per heavy atom. The molecule has 4 atom stereocenters. The van der Waals surface area contributed by atoms with Crippen molar-refractivity contribution in [3.8, 4) is 0 Å². The number of hydrogen-bond acceptors (Lipinski definition) is 5. The summed E-state index contributed by atoms with van der Waals surface area (Å²) in [5.74, 6) is -1.53. The third kappa shape index (κ3) is 3.36. The summed E-state index contributed by atoms with van der Waals surface area (Å²) in [6, 6.07) is 24.4. The maximum absolute atomic E-state index is 13.5. The van der Waals surface area contributed by atoms with Crippen LogP contribution in [0.4, 0.5) is 11.4 Å². The number of anilines is 1. The summed E-state index contributed by atoms with van der Waals surface area (Å²) < 4.78 is 0. The Balaban J connectivity index is 1.53. The molecule has 2 fully saturated rings. The fourth-order valence-corrected chi connectivity index (χ4v) is 4.92. The summed E-state index contributed by atoms with van der Waals surface area (Å²) in [4.78, 5) is 38.9. The lowest BCUT2D eigenvalue weighted by molar-refractivity contribution is -0.384. The highest BCUT2D eigenvalue weighted by Gasteiger charge is 2.59. The summed E-state index contributed by atoms with van der Waals surface area (Å²) >= 11 is 0. The van der Waals surface area contributed by atoms with Gasteiger partial charge in [-0.15, -0.1) is 0 Å². The maximum atomic E-state index is 13.5. The van der Waals surface area contributed by atoms with Gasteiger partial charge in [0.2, 0.25) is 11.8 Å². The topological polar surface area (TPSA) is 92.6 Å². The van der Waals surface area contributed by atoms with E-state index >= 15 is 0 Å². The van der Waals surface area contributed by atoms with Crippen molar-refractivity contribution >= 4 is 23.2 Å². The third-order valence-electron chi connectivity index (χ3n) is 6.36. The van der Waals surface area contributed by atoms with E-state index in [2.05, 4.69) is 5.32 Å². The highest BCUT2D eigenvalue weighted by atomic mass is 16.6. The molecule has 0 unspecified atom stereocenters. The lowest BCUT2D eigenvalue weighted by atomic mass is 9.85. The lowest BCUT2D eigenvalue weighted by Crippen LogP contribution is -2.40. The maximum Gasteiger partial charge on any atom is 0.269 e. The van der Waals surface area contributed by atoms with Gasteiger partial charge in [-0.05, 0) is 29.7 Å². The molecule has 0 bridgehead atoms. The highest BCUT2D eigenvalue weighted by Crippen LogP contribution is 2.46. The van der Waals surface area contributed by atoms with Crippen molar-refractivity contribution in [3.63, 3.8) is 0 Å². The van der Waals surface area contributed by atoms with E-state index in [0.29, 0.717) is 12.1 Å². The van der Waals surface area contributed by atoms with Crippen molar-refractivity contribution in [1.82, 2.24) is 5.32 Å². The molecule has 0 saturated carbocycles. The number of imide groups is 1. The van der Waals surface area contributed by atoms with Crippen molar-refractivity contribution in [2.24, 2.45) is 11.8 Å². The SMILES string of the molecule is O=C1[C@@H]2[C@H](C(=O)N1c1ccccc1)[C@H](Cc1ccccc1)N[C@@H]2c1ccc([N+](=O)[O-])cc1. The first-order chi connectivity index (χ1) is 15.5. The Morgan fingerprint density at radius 2 is 1.41 bits per heavy atom. The quantitative estimate of drug-likeness (QED) is 0.381. The van der Waals surface area contributed by atoms with Gasteiger partial charge in [0.25, 0.3) is 5.69 Å². The highest BCUT2D eigenvalue weighted by molar-refractivity contribution is 6.22. The van der Waals surface area contributed by atoms with Crippen LogP contribution in [0.1, 0.15) is 17.2 Å². The second kappa shape index (κ2) is 8.01. The van der Waals surface area contributed by atoms with Gasteiger partial charge >= 0.3 is 0 Å². The predicted octanol–water partition coefficient (Wildman–Crippen LogP) is 3.66. The zero-order valence-corrected chi connectivity index (χ0v) is 17.1. The predicted molar refractivity (Wildman–Crippen MR) is 119 cm³/mol. The first-order valence-corrected chi connectivity index (χ1v) is 10.5. The van der Waals surface area contributed by atoms with Gasteiger partial charge in [0.15, 0.2) is 0 Å². The van der Waals surface area contributed by atoms with E-state index in [9.17, 15) is 19.7 Å². The average molecular weight is 427 g/mol. The Bertz CT molecular complexity index is 1160. The second-order valence-corrected chi connectivity index (χ2v) is 8.19. The molecule has 0 aromatic heterocycles. The molecular formula is C25H21N3O4. The van der Waals surface area contributed by atoms with E-state index < -0.39 is 22.8 Å². The Kier molecular flexibility index (Phi) is 5.03. The van der Waals surface area contributed by atoms with Crippen LogP contribution in [0.2, 0.25) is 0 Å². The normalized spacial score (nSPS) is 24.6. The number of nitrogens with one attached hydrogen (secondary N) is 1. The molecule has 7 nitrogen and oxygen atoms in total. The number of non-ortho nitro benzene ring substituents is 1. The number of amides is 2. The van der Waals surface area contributed by atoms with Crippen LogP contribution >= 0.6 is 0 Å². The molecule has 0 aliphatic carbocycles. The smallest absolute Gasteiger partial charge is 0.269 e. The molecule has 0 radical (unpaired) electrons.